The van der Waals surface area contributed by atoms with Gasteiger partial charge in [0, 0.05) is 42.6 Å². The summed E-state index contributed by atoms with van der Waals surface area (Å²) in [6, 6.07) is 13.9. The third kappa shape index (κ3) is 3.85. The number of nitrogens with zero attached hydrogens (tertiary/aromatic N) is 7. The number of aromatic nitrogens is 8. The molecule has 0 aliphatic rings. The summed E-state index contributed by atoms with van der Waals surface area (Å²) in [4.78, 5) is 18.0. The van der Waals surface area contributed by atoms with E-state index in [0.717, 1.165) is 53.2 Å². The largest absolute Gasteiger partial charge is 0.334 e. The van der Waals surface area contributed by atoms with Crippen molar-refractivity contribution in [1.29, 1.82) is 0 Å². The summed E-state index contributed by atoms with van der Waals surface area (Å²) in [6.45, 7) is 5.41. The Morgan fingerprint density at radius 2 is 1.85 bits per heavy atom. The molecule has 172 valence electrons. The van der Waals surface area contributed by atoms with E-state index >= 15 is 0 Å². The van der Waals surface area contributed by atoms with Gasteiger partial charge in [-0.05, 0) is 58.7 Å². The van der Waals surface area contributed by atoms with Crippen LogP contribution in [0, 0.1) is 0 Å². The van der Waals surface area contributed by atoms with Crippen LogP contribution in [-0.2, 0) is 19.5 Å². The van der Waals surface area contributed by atoms with Crippen LogP contribution in [0.25, 0.3) is 28.3 Å². The lowest BCUT2D eigenvalue weighted by atomic mass is 9.96. The highest BCUT2D eigenvalue weighted by atomic mass is 16.1. The van der Waals surface area contributed by atoms with E-state index in [9.17, 15) is 4.79 Å². The van der Waals surface area contributed by atoms with E-state index in [1.807, 2.05) is 65.6 Å². The molecule has 9 nitrogen and oxygen atoms in total. The van der Waals surface area contributed by atoms with Gasteiger partial charge in [0.15, 0.2) is 5.82 Å². The van der Waals surface area contributed by atoms with Crippen molar-refractivity contribution < 1.29 is 0 Å². The summed E-state index contributed by atoms with van der Waals surface area (Å²) in [6.07, 6.45) is 9.32. The second-order valence-electron chi connectivity index (χ2n) is 8.09. The minimum absolute atomic E-state index is 0.0561. The molecule has 0 spiro atoms. The van der Waals surface area contributed by atoms with Crippen molar-refractivity contribution in [2.24, 2.45) is 0 Å². The van der Waals surface area contributed by atoms with E-state index < -0.39 is 0 Å². The Balaban J connectivity index is 1.61. The molecule has 0 amide bonds. The van der Waals surface area contributed by atoms with E-state index in [0.29, 0.717) is 12.4 Å². The minimum atomic E-state index is -0.0561. The molecule has 1 aromatic carbocycles. The number of tetrazole rings is 1. The van der Waals surface area contributed by atoms with Crippen LogP contribution in [-0.4, -0.2) is 39.3 Å². The lowest BCUT2D eigenvalue weighted by Crippen LogP contribution is -2.26. The maximum atomic E-state index is 13.6. The summed E-state index contributed by atoms with van der Waals surface area (Å²) in [5.41, 5.74) is 4.74. The van der Waals surface area contributed by atoms with Gasteiger partial charge in [-0.3, -0.25) is 14.1 Å². The van der Waals surface area contributed by atoms with Gasteiger partial charge in [-0.2, -0.15) is 0 Å². The first-order valence-electron chi connectivity index (χ1n) is 11.4. The first-order chi connectivity index (χ1) is 16.7. The van der Waals surface area contributed by atoms with Crippen molar-refractivity contribution in [3.8, 4) is 28.3 Å². The highest BCUT2D eigenvalue weighted by Crippen LogP contribution is 2.32. The number of nitrogens with one attached hydrogen (secondary N) is 1. The van der Waals surface area contributed by atoms with Crippen molar-refractivity contribution in [3.05, 3.63) is 89.0 Å². The van der Waals surface area contributed by atoms with Gasteiger partial charge < -0.3 is 4.57 Å². The Morgan fingerprint density at radius 1 is 1.00 bits per heavy atom. The average molecular weight is 455 g/mol. The number of hydrogen-bond donors (Lipinski definition) is 1. The van der Waals surface area contributed by atoms with Crippen molar-refractivity contribution >= 4 is 0 Å². The highest BCUT2D eigenvalue weighted by molar-refractivity contribution is 5.81. The van der Waals surface area contributed by atoms with Crippen LogP contribution in [0.4, 0.5) is 0 Å². The molecule has 1 N–H and O–H groups in total. The number of aryl methyl sites for hydroxylation is 2. The maximum Gasteiger partial charge on any atom is 0.334 e. The van der Waals surface area contributed by atoms with Crippen LogP contribution < -0.4 is 5.69 Å². The lowest BCUT2D eigenvalue weighted by molar-refractivity contribution is 0.676. The summed E-state index contributed by atoms with van der Waals surface area (Å²) >= 11 is 0. The van der Waals surface area contributed by atoms with Crippen LogP contribution in [0.15, 0.2) is 72.0 Å². The van der Waals surface area contributed by atoms with Crippen molar-refractivity contribution in [2.75, 3.05) is 0 Å². The zero-order valence-corrected chi connectivity index (χ0v) is 19.2. The van der Waals surface area contributed by atoms with Crippen molar-refractivity contribution in [2.45, 2.75) is 39.8 Å². The fourth-order valence-electron chi connectivity index (χ4n) is 4.39. The van der Waals surface area contributed by atoms with Gasteiger partial charge in [-0.15, -0.1) is 5.10 Å². The normalized spacial score (nSPS) is 11.2. The summed E-state index contributed by atoms with van der Waals surface area (Å²) in [7, 11) is 0. The van der Waals surface area contributed by atoms with Gasteiger partial charge in [0.05, 0.1) is 6.54 Å². The van der Waals surface area contributed by atoms with Crippen LogP contribution in [0.1, 0.15) is 31.5 Å². The van der Waals surface area contributed by atoms with E-state index in [1.54, 1.807) is 10.8 Å². The Labute approximate surface area is 196 Å². The third-order valence-electron chi connectivity index (χ3n) is 6.01. The molecule has 5 rings (SSSR count). The number of H-pyrrole nitrogens is 1. The molecule has 0 unspecified atom stereocenters. The molecule has 5 aromatic rings. The first kappa shape index (κ1) is 21.6. The van der Waals surface area contributed by atoms with E-state index in [2.05, 4.69) is 44.0 Å². The predicted octanol–water partition coefficient (Wildman–Crippen LogP) is 3.70. The van der Waals surface area contributed by atoms with E-state index in [4.69, 9.17) is 0 Å². The van der Waals surface area contributed by atoms with Crippen LogP contribution in [0.5, 0.6) is 0 Å². The Morgan fingerprint density at radius 3 is 2.62 bits per heavy atom. The van der Waals surface area contributed by atoms with Gasteiger partial charge in [0.1, 0.15) is 5.82 Å². The predicted molar refractivity (Wildman–Crippen MR) is 130 cm³/mol. The minimum Gasteiger partial charge on any atom is -0.334 e. The SMILES string of the molecule is CCCc1cn(-c2cccn2CC)c(=O)n1Cc1cnccc1-c1ccccc1-c1nnn[nH]1. The standard InChI is InChI=1S/C25H26N8O/c1-3-8-19-17-33(23-11-7-14-31(23)4-2)25(34)32(19)16-18-15-26-13-12-20(18)21-9-5-6-10-22(21)24-27-29-30-28-24/h5-7,9-15,17H,3-4,8,16H2,1-2H3,(H,27,28,29,30). The van der Waals surface area contributed by atoms with Gasteiger partial charge in [0.25, 0.3) is 0 Å². The van der Waals surface area contributed by atoms with Gasteiger partial charge in [-0.1, -0.05) is 37.6 Å². The Kier molecular flexibility index (Phi) is 5.90. The smallest absolute Gasteiger partial charge is 0.334 e. The van der Waals surface area contributed by atoms with Crippen LogP contribution >= 0.6 is 0 Å². The molecule has 0 aliphatic heterocycles. The van der Waals surface area contributed by atoms with Crippen molar-refractivity contribution in [1.82, 2.24) is 39.3 Å². The summed E-state index contributed by atoms with van der Waals surface area (Å²) in [5, 5.41) is 14.4. The topological polar surface area (TPSA) is 99.2 Å². The number of aromatic amines is 1. The third-order valence-corrected chi connectivity index (χ3v) is 6.01. The monoisotopic (exact) mass is 454 g/mol. The lowest BCUT2D eigenvalue weighted by Gasteiger charge is -2.14. The molecule has 4 heterocycles. The second-order valence-corrected chi connectivity index (χ2v) is 8.09. The molecular formula is C25H26N8O. The average Bonchev–Trinajstić information content (AvgIpc) is 3.62. The fraction of sp³-hybridized carbons (Fsp3) is 0.240. The van der Waals surface area contributed by atoms with Crippen LogP contribution in [0.3, 0.4) is 0 Å². The molecule has 0 atom stereocenters. The summed E-state index contributed by atoms with van der Waals surface area (Å²) < 4.78 is 5.67. The number of rotatable bonds is 8. The van der Waals surface area contributed by atoms with Gasteiger partial charge >= 0.3 is 5.69 Å². The van der Waals surface area contributed by atoms with Gasteiger partial charge in [-0.25, -0.2) is 9.89 Å². The molecule has 0 aliphatic carbocycles. The zero-order valence-electron chi connectivity index (χ0n) is 19.2. The molecule has 0 saturated carbocycles. The quantitative estimate of drug-likeness (QED) is 0.385. The molecule has 34 heavy (non-hydrogen) atoms. The fourth-order valence-corrected chi connectivity index (χ4v) is 4.39. The number of benzene rings is 1. The molecular weight excluding hydrogens is 428 g/mol. The van der Waals surface area contributed by atoms with Crippen molar-refractivity contribution in [3.63, 3.8) is 0 Å². The molecule has 4 aromatic heterocycles. The molecule has 0 fully saturated rings. The zero-order chi connectivity index (χ0) is 23.5. The molecule has 0 radical (unpaired) electrons. The first-order valence-corrected chi connectivity index (χ1v) is 11.4. The Hall–Kier alpha value is -4.27. The Bertz CT molecular complexity index is 1460. The molecule has 0 saturated heterocycles. The van der Waals surface area contributed by atoms with E-state index in [-0.39, 0.29) is 5.69 Å². The van der Waals surface area contributed by atoms with Crippen LogP contribution in [0.2, 0.25) is 0 Å². The van der Waals surface area contributed by atoms with Gasteiger partial charge in [0.2, 0.25) is 0 Å². The number of hydrogen-bond acceptors (Lipinski definition) is 5. The second kappa shape index (κ2) is 9.30. The number of pyridine rings is 1. The summed E-state index contributed by atoms with van der Waals surface area (Å²) in [5.74, 6) is 1.46. The molecule has 0 bridgehead atoms. The highest BCUT2D eigenvalue weighted by Gasteiger charge is 2.18. The number of imidazole rings is 1. The maximum absolute atomic E-state index is 13.6. The molecule has 9 heteroatoms. The van der Waals surface area contributed by atoms with E-state index in [1.165, 1.54) is 0 Å².